The first-order valence-electron chi connectivity index (χ1n) is 6.97. The van der Waals surface area contributed by atoms with Crippen LogP contribution in [0, 0.1) is 0 Å². The van der Waals surface area contributed by atoms with Gasteiger partial charge in [-0.3, -0.25) is 4.79 Å². The summed E-state index contributed by atoms with van der Waals surface area (Å²) in [5.41, 5.74) is 1.23. The zero-order chi connectivity index (χ0) is 13.2. The number of benzene rings is 1. The summed E-state index contributed by atoms with van der Waals surface area (Å²) in [7, 11) is 2.01. The van der Waals surface area contributed by atoms with Gasteiger partial charge in [-0.05, 0) is 31.5 Å². The smallest absolute Gasteiger partial charge is 0.231 e. The second-order valence-electron chi connectivity index (χ2n) is 5.29. The van der Waals surface area contributed by atoms with Gasteiger partial charge in [0.15, 0.2) is 0 Å². The summed E-state index contributed by atoms with van der Waals surface area (Å²) in [6.07, 6.45) is 2.15. The van der Waals surface area contributed by atoms with Crippen LogP contribution in [0.1, 0.15) is 24.3 Å². The van der Waals surface area contributed by atoms with E-state index in [1.54, 1.807) is 0 Å². The molecular weight excluding hydrogens is 256 g/mol. The lowest BCUT2D eigenvalue weighted by Gasteiger charge is -2.33. The summed E-state index contributed by atoms with van der Waals surface area (Å²) in [4.78, 5) is 16.0. The van der Waals surface area contributed by atoms with Gasteiger partial charge in [0.25, 0.3) is 0 Å². The molecule has 2 aliphatic rings. The van der Waals surface area contributed by atoms with E-state index in [9.17, 15) is 4.79 Å². The number of rotatable bonds is 2. The summed E-state index contributed by atoms with van der Waals surface area (Å²) in [6.45, 7) is 1.79. The number of amides is 1. The Balaban J connectivity index is 1.69. The molecule has 3 nitrogen and oxygen atoms in total. The van der Waals surface area contributed by atoms with E-state index in [0.29, 0.717) is 11.9 Å². The van der Waals surface area contributed by atoms with Crippen molar-refractivity contribution in [2.75, 3.05) is 25.9 Å². The molecule has 4 heteroatoms. The SMILES string of the molecule is CNC1CCN(C(=O)C2CSc3ccccc32)CC1. The summed E-state index contributed by atoms with van der Waals surface area (Å²) >= 11 is 1.81. The van der Waals surface area contributed by atoms with Crippen molar-refractivity contribution in [2.45, 2.75) is 29.7 Å². The molecule has 1 amide bonds. The minimum Gasteiger partial charge on any atom is -0.342 e. The Labute approximate surface area is 118 Å². The van der Waals surface area contributed by atoms with Crippen LogP contribution in [0.5, 0.6) is 0 Å². The van der Waals surface area contributed by atoms with Crippen molar-refractivity contribution in [1.82, 2.24) is 10.2 Å². The van der Waals surface area contributed by atoms with E-state index in [-0.39, 0.29) is 5.92 Å². The van der Waals surface area contributed by atoms with Gasteiger partial charge in [-0.25, -0.2) is 0 Å². The summed E-state index contributed by atoms with van der Waals surface area (Å²) < 4.78 is 0. The molecule has 1 fully saturated rings. The normalized spacial score (nSPS) is 23.4. The van der Waals surface area contributed by atoms with Crippen LogP contribution < -0.4 is 5.32 Å². The Kier molecular flexibility index (Phi) is 3.80. The highest BCUT2D eigenvalue weighted by Gasteiger charge is 2.33. The van der Waals surface area contributed by atoms with Crippen LogP contribution in [0.15, 0.2) is 29.2 Å². The fourth-order valence-corrected chi connectivity index (χ4v) is 4.20. The van der Waals surface area contributed by atoms with Crippen LogP contribution in [-0.4, -0.2) is 42.7 Å². The highest BCUT2D eigenvalue weighted by Crippen LogP contribution is 2.40. The lowest BCUT2D eigenvalue weighted by Crippen LogP contribution is -2.45. The molecule has 3 rings (SSSR count). The van der Waals surface area contributed by atoms with Crippen molar-refractivity contribution in [3.8, 4) is 0 Å². The quantitative estimate of drug-likeness (QED) is 0.897. The molecule has 1 aromatic rings. The Morgan fingerprint density at radius 1 is 1.32 bits per heavy atom. The Hall–Kier alpha value is -1.00. The van der Waals surface area contributed by atoms with Gasteiger partial charge in [0.2, 0.25) is 5.91 Å². The number of likely N-dealkylation sites (tertiary alicyclic amines) is 1. The van der Waals surface area contributed by atoms with Crippen molar-refractivity contribution >= 4 is 17.7 Å². The van der Waals surface area contributed by atoms with Crippen LogP contribution >= 0.6 is 11.8 Å². The monoisotopic (exact) mass is 276 g/mol. The molecule has 2 heterocycles. The standard InChI is InChI=1S/C15H20N2OS/c1-16-11-6-8-17(9-7-11)15(18)13-10-19-14-5-3-2-4-12(13)14/h2-5,11,13,16H,6-10H2,1H3. The summed E-state index contributed by atoms with van der Waals surface area (Å²) in [5.74, 6) is 1.31. The van der Waals surface area contributed by atoms with Gasteiger partial charge in [-0.15, -0.1) is 11.8 Å². The maximum Gasteiger partial charge on any atom is 0.231 e. The van der Waals surface area contributed by atoms with E-state index < -0.39 is 0 Å². The maximum absolute atomic E-state index is 12.7. The second kappa shape index (κ2) is 5.55. The molecule has 1 atom stereocenters. The molecule has 1 saturated heterocycles. The molecule has 0 aliphatic carbocycles. The third-order valence-electron chi connectivity index (χ3n) is 4.21. The lowest BCUT2D eigenvalue weighted by atomic mass is 9.97. The molecule has 0 aromatic heterocycles. The fourth-order valence-electron chi connectivity index (χ4n) is 2.98. The zero-order valence-corrected chi connectivity index (χ0v) is 12.1. The van der Waals surface area contributed by atoms with Crippen molar-refractivity contribution in [1.29, 1.82) is 0 Å². The molecule has 0 saturated carbocycles. The first-order chi connectivity index (χ1) is 9.29. The van der Waals surface area contributed by atoms with Crippen molar-refractivity contribution < 1.29 is 4.79 Å². The van der Waals surface area contributed by atoms with Gasteiger partial charge in [-0.1, -0.05) is 18.2 Å². The van der Waals surface area contributed by atoms with E-state index in [2.05, 4.69) is 28.4 Å². The number of nitrogens with one attached hydrogen (secondary N) is 1. The Bertz CT molecular complexity index is 469. The molecule has 0 radical (unpaired) electrons. The molecule has 2 aliphatic heterocycles. The van der Waals surface area contributed by atoms with Gasteiger partial charge in [0.05, 0.1) is 5.92 Å². The molecular formula is C15H20N2OS. The Morgan fingerprint density at radius 3 is 2.79 bits per heavy atom. The lowest BCUT2D eigenvalue weighted by molar-refractivity contribution is -0.133. The van der Waals surface area contributed by atoms with E-state index in [4.69, 9.17) is 0 Å². The minimum absolute atomic E-state index is 0.0762. The van der Waals surface area contributed by atoms with Gasteiger partial charge in [0.1, 0.15) is 0 Å². The fraction of sp³-hybridized carbons (Fsp3) is 0.533. The number of carbonyl (C=O) groups is 1. The van der Waals surface area contributed by atoms with Gasteiger partial charge in [0, 0.05) is 29.8 Å². The van der Waals surface area contributed by atoms with Crippen molar-refractivity contribution in [3.05, 3.63) is 29.8 Å². The molecule has 19 heavy (non-hydrogen) atoms. The first-order valence-corrected chi connectivity index (χ1v) is 7.96. The van der Waals surface area contributed by atoms with Gasteiger partial charge >= 0.3 is 0 Å². The van der Waals surface area contributed by atoms with E-state index in [0.717, 1.165) is 31.7 Å². The predicted octanol–water partition coefficient (Wildman–Crippen LogP) is 2.09. The molecule has 1 aromatic carbocycles. The number of fused-ring (bicyclic) bond motifs is 1. The van der Waals surface area contributed by atoms with Crippen molar-refractivity contribution in [2.24, 2.45) is 0 Å². The highest BCUT2D eigenvalue weighted by molar-refractivity contribution is 7.99. The number of carbonyl (C=O) groups excluding carboxylic acids is 1. The second-order valence-corrected chi connectivity index (χ2v) is 6.35. The van der Waals surface area contributed by atoms with E-state index in [1.165, 1.54) is 10.5 Å². The molecule has 0 bridgehead atoms. The minimum atomic E-state index is 0.0762. The van der Waals surface area contributed by atoms with Gasteiger partial charge in [-0.2, -0.15) is 0 Å². The van der Waals surface area contributed by atoms with Crippen LogP contribution in [0.4, 0.5) is 0 Å². The van der Waals surface area contributed by atoms with Crippen LogP contribution in [-0.2, 0) is 4.79 Å². The molecule has 1 unspecified atom stereocenters. The highest BCUT2D eigenvalue weighted by atomic mass is 32.2. The maximum atomic E-state index is 12.7. The number of hydrogen-bond acceptors (Lipinski definition) is 3. The third kappa shape index (κ3) is 2.51. The number of hydrogen-bond donors (Lipinski definition) is 1. The molecule has 1 N–H and O–H groups in total. The Morgan fingerprint density at radius 2 is 2.05 bits per heavy atom. The average molecular weight is 276 g/mol. The third-order valence-corrected chi connectivity index (χ3v) is 5.40. The van der Waals surface area contributed by atoms with Crippen molar-refractivity contribution in [3.63, 3.8) is 0 Å². The van der Waals surface area contributed by atoms with E-state index >= 15 is 0 Å². The summed E-state index contributed by atoms with van der Waals surface area (Å²) in [6, 6.07) is 8.91. The number of thioether (sulfide) groups is 1. The van der Waals surface area contributed by atoms with E-state index in [1.807, 2.05) is 24.9 Å². The zero-order valence-electron chi connectivity index (χ0n) is 11.3. The first kappa shape index (κ1) is 13.0. The topological polar surface area (TPSA) is 32.3 Å². The number of nitrogens with zero attached hydrogens (tertiary/aromatic N) is 1. The average Bonchev–Trinajstić information content (AvgIpc) is 2.90. The van der Waals surface area contributed by atoms with Crippen LogP contribution in [0.3, 0.4) is 0 Å². The number of piperidine rings is 1. The largest absolute Gasteiger partial charge is 0.342 e. The van der Waals surface area contributed by atoms with Crippen LogP contribution in [0.25, 0.3) is 0 Å². The molecule has 102 valence electrons. The summed E-state index contributed by atoms with van der Waals surface area (Å²) in [5, 5.41) is 3.31. The predicted molar refractivity (Wildman–Crippen MR) is 78.6 cm³/mol. The van der Waals surface area contributed by atoms with Crippen LogP contribution in [0.2, 0.25) is 0 Å². The van der Waals surface area contributed by atoms with Gasteiger partial charge < -0.3 is 10.2 Å². The molecule has 0 spiro atoms.